The molecule has 0 aromatic carbocycles. The molecular formula is C7H5FN4O. The van der Waals surface area contributed by atoms with Gasteiger partial charge in [0.15, 0.2) is 6.67 Å². The highest BCUT2D eigenvalue weighted by Crippen LogP contribution is 2.10. The van der Waals surface area contributed by atoms with Crippen molar-refractivity contribution < 1.29 is 8.91 Å². The molecule has 0 saturated carbocycles. The second-order valence-corrected chi connectivity index (χ2v) is 2.25. The molecule has 5 nitrogen and oxygen atoms in total. The molecule has 13 heavy (non-hydrogen) atoms. The topological polar surface area (TPSA) is 64.7 Å². The van der Waals surface area contributed by atoms with Gasteiger partial charge in [0, 0.05) is 6.20 Å². The van der Waals surface area contributed by atoms with Gasteiger partial charge in [0.25, 0.3) is 5.89 Å². The third kappa shape index (κ3) is 1.51. The van der Waals surface area contributed by atoms with E-state index in [0.29, 0.717) is 5.69 Å². The number of hydrogen-bond acceptors (Lipinski definition) is 5. The highest BCUT2D eigenvalue weighted by atomic mass is 19.1. The zero-order valence-electron chi connectivity index (χ0n) is 6.51. The van der Waals surface area contributed by atoms with Gasteiger partial charge in [0.2, 0.25) is 5.82 Å². The van der Waals surface area contributed by atoms with Gasteiger partial charge in [0.1, 0.15) is 5.69 Å². The Balaban J connectivity index is 2.36. The van der Waals surface area contributed by atoms with E-state index >= 15 is 0 Å². The Bertz CT molecular complexity index is 388. The predicted octanol–water partition coefficient (Wildman–Crippen LogP) is 0.996. The minimum absolute atomic E-state index is 0.0550. The zero-order chi connectivity index (χ0) is 9.10. The van der Waals surface area contributed by atoms with Crippen LogP contribution in [-0.4, -0.2) is 20.3 Å². The van der Waals surface area contributed by atoms with E-state index in [0.717, 1.165) is 0 Å². The Morgan fingerprint density at radius 1 is 1.46 bits per heavy atom. The van der Waals surface area contributed by atoms with Crippen LogP contribution in [0.15, 0.2) is 22.9 Å². The largest absolute Gasteiger partial charge is 0.336 e. The van der Waals surface area contributed by atoms with Crippen molar-refractivity contribution in [2.45, 2.75) is 6.67 Å². The second kappa shape index (κ2) is 3.26. The van der Waals surface area contributed by atoms with E-state index < -0.39 is 6.67 Å². The summed E-state index contributed by atoms with van der Waals surface area (Å²) >= 11 is 0. The Morgan fingerprint density at radius 3 is 3.00 bits per heavy atom. The van der Waals surface area contributed by atoms with Gasteiger partial charge >= 0.3 is 0 Å². The lowest BCUT2D eigenvalue weighted by Crippen LogP contribution is -1.87. The fourth-order valence-electron chi connectivity index (χ4n) is 0.834. The van der Waals surface area contributed by atoms with Crippen molar-refractivity contribution in [1.82, 2.24) is 20.3 Å². The molecule has 2 aromatic rings. The van der Waals surface area contributed by atoms with E-state index in [9.17, 15) is 4.39 Å². The van der Waals surface area contributed by atoms with Gasteiger partial charge in [-0.1, -0.05) is 5.16 Å². The summed E-state index contributed by atoms with van der Waals surface area (Å²) in [6.07, 6.45) is 1.53. The minimum Gasteiger partial charge on any atom is -0.336 e. The highest BCUT2D eigenvalue weighted by molar-refractivity contribution is 5.46. The molecule has 0 saturated heterocycles. The lowest BCUT2D eigenvalue weighted by Gasteiger charge is -1.87. The summed E-state index contributed by atoms with van der Waals surface area (Å²) in [6, 6.07) is 3.35. The molecule has 66 valence electrons. The van der Waals surface area contributed by atoms with Gasteiger partial charge in [0.05, 0.1) is 0 Å². The quantitative estimate of drug-likeness (QED) is 0.689. The predicted molar refractivity (Wildman–Crippen MR) is 40.1 cm³/mol. The first-order valence-electron chi connectivity index (χ1n) is 3.57. The van der Waals surface area contributed by atoms with Crippen molar-refractivity contribution in [2.75, 3.05) is 0 Å². The standard InChI is InChI=1S/C7H5FN4O/c8-4-6-10-7(12-13-6)5-2-1-3-9-11-5/h1-3H,4H2. The van der Waals surface area contributed by atoms with E-state index in [1.807, 2.05) is 0 Å². The Hall–Kier alpha value is -1.85. The van der Waals surface area contributed by atoms with E-state index in [1.54, 1.807) is 12.1 Å². The van der Waals surface area contributed by atoms with Gasteiger partial charge in [-0.2, -0.15) is 10.1 Å². The van der Waals surface area contributed by atoms with Crippen molar-refractivity contribution in [2.24, 2.45) is 0 Å². The minimum atomic E-state index is -0.771. The van der Waals surface area contributed by atoms with E-state index in [4.69, 9.17) is 0 Å². The van der Waals surface area contributed by atoms with Crippen LogP contribution in [0, 0.1) is 0 Å². The van der Waals surface area contributed by atoms with Crippen molar-refractivity contribution in [3.63, 3.8) is 0 Å². The SMILES string of the molecule is FCc1nc(-c2cccnn2)no1. The summed E-state index contributed by atoms with van der Waals surface area (Å²) in [5.41, 5.74) is 0.464. The molecule has 0 aliphatic heterocycles. The first-order valence-corrected chi connectivity index (χ1v) is 3.57. The molecule has 6 heteroatoms. The molecule has 0 radical (unpaired) electrons. The average molecular weight is 180 g/mol. The molecule has 0 aliphatic rings. The molecule has 0 spiro atoms. The van der Waals surface area contributed by atoms with Gasteiger partial charge in [-0.15, -0.1) is 5.10 Å². The molecule has 2 heterocycles. The summed E-state index contributed by atoms with van der Waals surface area (Å²) in [7, 11) is 0. The van der Waals surface area contributed by atoms with Crippen LogP contribution < -0.4 is 0 Å². The average Bonchev–Trinajstić information content (AvgIpc) is 2.67. The van der Waals surface area contributed by atoms with Crippen molar-refractivity contribution >= 4 is 0 Å². The number of alkyl halides is 1. The zero-order valence-corrected chi connectivity index (χ0v) is 6.51. The maximum absolute atomic E-state index is 12.0. The van der Waals surface area contributed by atoms with Gasteiger partial charge in [-0.3, -0.25) is 0 Å². The molecule has 0 amide bonds. The molecule has 2 rings (SSSR count). The fraction of sp³-hybridized carbons (Fsp3) is 0.143. The third-order valence-electron chi connectivity index (χ3n) is 1.38. The summed E-state index contributed by atoms with van der Waals surface area (Å²) in [5.74, 6) is 0.196. The van der Waals surface area contributed by atoms with E-state index in [1.165, 1.54) is 6.20 Å². The van der Waals surface area contributed by atoms with E-state index in [-0.39, 0.29) is 11.7 Å². The van der Waals surface area contributed by atoms with Gasteiger partial charge < -0.3 is 4.52 Å². The number of hydrogen-bond donors (Lipinski definition) is 0. The summed E-state index contributed by atoms with van der Waals surface area (Å²) in [5, 5.41) is 10.9. The molecule has 0 bridgehead atoms. The van der Waals surface area contributed by atoms with Crippen LogP contribution in [0.25, 0.3) is 11.5 Å². The molecule has 0 N–H and O–H groups in total. The molecule has 0 unspecified atom stereocenters. The molecule has 0 aliphatic carbocycles. The number of rotatable bonds is 2. The number of nitrogens with zero attached hydrogens (tertiary/aromatic N) is 4. The normalized spacial score (nSPS) is 10.2. The highest BCUT2D eigenvalue weighted by Gasteiger charge is 2.08. The Kier molecular flexibility index (Phi) is 1.95. The molecule has 2 aromatic heterocycles. The Morgan fingerprint density at radius 2 is 2.38 bits per heavy atom. The number of halogens is 1. The van der Waals surface area contributed by atoms with Crippen LogP contribution in [0.4, 0.5) is 4.39 Å². The van der Waals surface area contributed by atoms with Crippen LogP contribution in [0.1, 0.15) is 5.89 Å². The third-order valence-corrected chi connectivity index (χ3v) is 1.38. The van der Waals surface area contributed by atoms with Crippen molar-refractivity contribution in [1.29, 1.82) is 0 Å². The lowest BCUT2D eigenvalue weighted by molar-refractivity contribution is 0.323. The van der Waals surface area contributed by atoms with Gasteiger partial charge in [-0.05, 0) is 12.1 Å². The van der Waals surface area contributed by atoms with Gasteiger partial charge in [-0.25, -0.2) is 4.39 Å². The van der Waals surface area contributed by atoms with Crippen molar-refractivity contribution in [3.05, 3.63) is 24.2 Å². The summed E-state index contributed by atoms with van der Waals surface area (Å²) in [4.78, 5) is 3.74. The first-order chi connectivity index (χ1) is 6.40. The summed E-state index contributed by atoms with van der Waals surface area (Å²) in [6.45, 7) is -0.771. The van der Waals surface area contributed by atoms with Crippen LogP contribution in [0.5, 0.6) is 0 Å². The van der Waals surface area contributed by atoms with Crippen LogP contribution in [0.2, 0.25) is 0 Å². The maximum atomic E-state index is 12.0. The lowest BCUT2D eigenvalue weighted by atomic mass is 10.4. The molecule has 0 atom stereocenters. The first kappa shape index (κ1) is 7.78. The van der Waals surface area contributed by atoms with E-state index in [2.05, 4.69) is 24.9 Å². The monoisotopic (exact) mass is 180 g/mol. The van der Waals surface area contributed by atoms with Crippen molar-refractivity contribution in [3.8, 4) is 11.5 Å². The summed E-state index contributed by atoms with van der Waals surface area (Å²) < 4.78 is 16.6. The molecule has 0 fully saturated rings. The maximum Gasteiger partial charge on any atom is 0.258 e. The molecular weight excluding hydrogens is 175 g/mol. The fourth-order valence-corrected chi connectivity index (χ4v) is 0.834. The van der Waals surface area contributed by atoms with Crippen LogP contribution in [0.3, 0.4) is 0 Å². The second-order valence-electron chi connectivity index (χ2n) is 2.25. The smallest absolute Gasteiger partial charge is 0.258 e. The van der Waals surface area contributed by atoms with Crippen LogP contribution in [-0.2, 0) is 6.67 Å². The van der Waals surface area contributed by atoms with Crippen LogP contribution >= 0.6 is 0 Å². The number of aromatic nitrogens is 4. The Labute approximate surface area is 72.6 Å².